The van der Waals surface area contributed by atoms with Crippen LogP contribution in [0.3, 0.4) is 0 Å². The van der Waals surface area contributed by atoms with Gasteiger partial charge in [-0.05, 0) is 32.4 Å². The van der Waals surface area contributed by atoms with Gasteiger partial charge in [-0.15, -0.1) is 0 Å². The zero-order valence-corrected chi connectivity index (χ0v) is 11.9. The molecule has 0 aliphatic carbocycles. The number of hydrogen-bond acceptors (Lipinski definition) is 4. The van der Waals surface area contributed by atoms with E-state index in [-0.39, 0.29) is 12.2 Å². The molecule has 0 saturated heterocycles. The van der Waals surface area contributed by atoms with Gasteiger partial charge in [0, 0.05) is 22.6 Å². The Balaban J connectivity index is 2.57. The SMILES string of the molecule is COc1cc2oc(=O)c(CC=C(C)C)cc2cc1CO. The maximum atomic E-state index is 11.9. The van der Waals surface area contributed by atoms with E-state index >= 15 is 0 Å². The summed E-state index contributed by atoms with van der Waals surface area (Å²) in [6, 6.07) is 5.22. The van der Waals surface area contributed by atoms with Gasteiger partial charge in [0.2, 0.25) is 0 Å². The van der Waals surface area contributed by atoms with E-state index in [9.17, 15) is 9.90 Å². The fourth-order valence-corrected chi connectivity index (χ4v) is 2.01. The molecule has 0 aliphatic rings. The molecule has 0 bridgehead atoms. The summed E-state index contributed by atoms with van der Waals surface area (Å²) in [7, 11) is 1.52. The van der Waals surface area contributed by atoms with Gasteiger partial charge >= 0.3 is 5.63 Å². The van der Waals surface area contributed by atoms with Crippen LogP contribution in [-0.2, 0) is 13.0 Å². The first-order valence-electron chi connectivity index (χ1n) is 6.43. The monoisotopic (exact) mass is 274 g/mol. The van der Waals surface area contributed by atoms with Gasteiger partial charge in [0.25, 0.3) is 0 Å². The Hall–Kier alpha value is -2.07. The van der Waals surface area contributed by atoms with E-state index in [0.717, 1.165) is 11.0 Å². The highest BCUT2D eigenvalue weighted by molar-refractivity contribution is 5.80. The van der Waals surface area contributed by atoms with Crippen LogP contribution >= 0.6 is 0 Å². The van der Waals surface area contributed by atoms with Crippen molar-refractivity contribution in [2.24, 2.45) is 0 Å². The molecule has 0 aliphatic heterocycles. The summed E-state index contributed by atoms with van der Waals surface area (Å²) in [4.78, 5) is 11.9. The average Bonchev–Trinajstić information content (AvgIpc) is 2.43. The largest absolute Gasteiger partial charge is 0.496 e. The topological polar surface area (TPSA) is 59.7 Å². The molecule has 2 aromatic rings. The van der Waals surface area contributed by atoms with Crippen molar-refractivity contribution in [3.8, 4) is 5.75 Å². The number of allylic oxidation sites excluding steroid dienone is 2. The van der Waals surface area contributed by atoms with Crippen LogP contribution in [0.2, 0.25) is 0 Å². The van der Waals surface area contributed by atoms with Crippen molar-refractivity contribution in [3.05, 3.63) is 51.4 Å². The lowest BCUT2D eigenvalue weighted by molar-refractivity contribution is 0.274. The predicted molar refractivity (Wildman–Crippen MR) is 78.1 cm³/mol. The maximum absolute atomic E-state index is 11.9. The van der Waals surface area contributed by atoms with Crippen molar-refractivity contribution >= 4 is 11.0 Å². The van der Waals surface area contributed by atoms with E-state index in [1.54, 1.807) is 18.2 Å². The zero-order valence-electron chi connectivity index (χ0n) is 11.9. The van der Waals surface area contributed by atoms with Gasteiger partial charge in [-0.1, -0.05) is 11.6 Å². The third-order valence-corrected chi connectivity index (χ3v) is 3.11. The van der Waals surface area contributed by atoms with Crippen LogP contribution in [0.4, 0.5) is 0 Å². The molecule has 1 aromatic heterocycles. The van der Waals surface area contributed by atoms with Crippen molar-refractivity contribution in [3.63, 3.8) is 0 Å². The Bertz CT molecular complexity index is 706. The number of methoxy groups -OCH3 is 1. The summed E-state index contributed by atoms with van der Waals surface area (Å²) in [6.07, 6.45) is 2.52. The first-order chi connectivity index (χ1) is 9.55. The van der Waals surface area contributed by atoms with Crippen molar-refractivity contribution < 1.29 is 14.3 Å². The second kappa shape index (κ2) is 5.92. The summed E-state index contributed by atoms with van der Waals surface area (Å²) in [6.45, 7) is 3.84. The summed E-state index contributed by atoms with van der Waals surface area (Å²) in [5, 5.41) is 10.1. The van der Waals surface area contributed by atoms with Crippen molar-refractivity contribution in [2.45, 2.75) is 26.9 Å². The third-order valence-electron chi connectivity index (χ3n) is 3.11. The molecular formula is C16H18O4. The van der Waals surface area contributed by atoms with E-state index in [1.165, 1.54) is 7.11 Å². The van der Waals surface area contributed by atoms with Crippen LogP contribution in [0, 0.1) is 0 Å². The van der Waals surface area contributed by atoms with E-state index in [2.05, 4.69) is 0 Å². The molecule has 4 heteroatoms. The number of benzene rings is 1. The Kier molecular flexibility index (Phi) is 4.25. The van der Waals surface area contributed by atoms with Crippen molar-refractivity contribution in [2.75, 3.05) is 7.11 Å². The predicted octanol–water partition coefficient (Wildman–Crippen LogP) is 2.80. The zero-order chi connectivity index (χ0) is 14.7. The first kappa shape index (κ1) is 14.3. The van der Waals surface area contributed by atoms with Crippen LogP contribution in [-0.4, -0.2) is 12.2 Å². The van der Waals surface area contributed by atoms with E-state index in [0.29, 0.717) is 28.9 Å². The molecule has 0 spiro atoms. The number of rotatable bonds is 4. The highest BCUT2D eigenvalue weighted by Gasteiger charge is 2.09. The second-order valence-corrected chi connectivity index (χ2v) is 4.90. The molecule has 0 atom stereocenters. The molecule has 2 rings (SSSR count). The van der Waals surface area contributed by atoms with Gasteiger partial charge in [0.05, 0.1) is 13.7 Å². The Morgan fingerprint density at radius 2 is 2.00 bits per heavy atom. The summed E-state index contributed by atoms with van der Waals surface area (Å²) >= 11 is 0. The average molecular weight is 274 g/mol. The Morgan fingerprint density at radius 3 is 2.60 bits per heavy atom. The van der Waals surface area contributed by atoms with Crippen LogP contribution in [0.15, 0.2) is 39.1 Å². The quantitative estimate of drug-likeness (QED) is 0.688. The van der Waals surface area contributed by atoms with Gasteiger partial charge in [-0.25, -0.2) is 4.79 Å². The number of hydrogen-bond donors (Lipinski definition) is 1. The molecule has 4 nitrogen and oxygen atoms in total. The van der Waals surface area contributed by atoms with Gasteiger partial charge in [-0.3, -0.25) is 0 Å². The molecule has 1 N–H and O–H groups in total. The molecule has 0 fully saturated rings. The smallest absolute Gasteiger partial charge is 0.339 e. The van der Waals surface area contributed by atoms with Crippen molar-refractivity contribution in [1.29, 1.82) is 0 Å². The molecule has 20 heavy (non-hydrogen) atoms. The second-order valence-electron chi connectivity index (χ2n) is 4.90. The number of aliphatic hydroxyl groups excluding tert-OH is 1. The fraction of sp³-hybridized carbons (Fsp3) is 0.312. The molecule has 1 aromatic carbocycles. The third kappa shape index (κ3) is 2.91. The lowest BCUT2D eigenvalue weighted by Gasteiger charge is -2.08. The highest BCUT2D eigenvalue weighted by atomic mass is 16.5. The summed E-state index contributed by atoms with van der Waals surface area (Å²) < 4.78 is 10.5. The molecule has 0 radical (unpaired) electrons. The molecule has 0 amide bonds. The number of fused-ring (bicyclic) bond motifs is 1. The Labute approximate surface area is 117 Å². The lowest BCUT2D eigenvalue weighted by Crippen LogP contribution is -2.06. The van der Waals surface area contributed by atoms with Gasteiger partial charge in [0.15, 0.2) is 0 Å². The molecular weight excluding hydrogens is 256 g/mol. The highest BCUT2D eigenvalue weighted by Crippen LogP contribution is 2.25. The minimum atomic E-state index is -0.339. The molecule has 0 saturated carbocycles. The van der Waals surface area contributed by atoms with Crippen LogP contribution < -0.4 is 10.4 Å². The van der Waals surface area contributed by atoms with E-state index in [4.69, 9.17) is 9.15 Å². The van der Waals surface area contributed by atoms with Crippen LogP contribution in [0.5, 0.6) is 5.75 Å². The van der Waals surface area contributed by atoms with Crippen LogP contribution in [0.1, 0.15) is 25.0 Å². The standard InChI is InChI=1S/C16H18O4/c1-10(2)4-5-11-6-12-7-13(9-17)14(19-3)8-15(12)20-16(11)18/h4,6-8,17H,5,9H2,1-3H3. The Morgan fingerprint density at radius 1 is 1.30 bits per heavy atom. The van der Waals surface area contributed by atoms with E-state index < -0.39 is 0 Å². The molecule has 106 valence electrons. The number of aliphatic hydroxyl groups is 1. The van der Waals surface area contributed by atoms with Gasteiger partial charge in [0.1, 0.15) is 11.3 Å². The minimum absolute atomic E-state index is 0.123. The molecule has 1 heterocycles. The summed E-state index contributed by atoms with van der Waals surface area (Å²) in [5.41, 5.74) is 2.55. The summed E-state index contributed by atoms with van der Waals surface area (Å²) in [5.74, 6) is 0.514. The van der Waals surface area contributed by atoms with Gasteiger partial charge in [-0.2, -0.15) is 0 Å². The fourth-order valence-electron chi connectivity index (χ4n) is 2.01. The van der Waals surface area contributed by atoms with Crippen LogP contribution in [0.25, 0.3) is 11.0 Å². The van der Waals surface area contributed by atoms with Gasteiger partial charge < -0.3 is 14.3 Å². The first-order valence-corrected chi connectivity index (χ1v) is 6.43. The number of ether oxygens (including phenoxy) is 1. The van der Waals surface area contributed by atoms with E-state index in [1.807, 2.05) is 19.9 Å². The van der Waals surface area contributed by atoms with Crippen molar-refractivity contribution in [1.82, 2.24) is 0 Å². The molecule has 0 unspecified atom stereocenters. The normalized spacial score (nSPS) is 10.6. The lowest BCUT2D eigenvalue weighted by atomic mass is 10.1. The maximum Gasteiger partial charge on any atom is 0.339 e. The minimum Gasteiger partial charge on any atom is -0.496 e.